The Hall–Kier alpha value is -3.28. The number of benzene rings is 2. The van der Waals surface area contributed by atoms with Crippen LogP contribution in [-0.2, 0) is 17.9 Å². The van der Waals surface area contributed by atoms with Gasteiger partial charge in [0.25, 0.3) is 0 Å². The van der Waals surface area contributed by atoms with Crippen LogP contribution in [0.1, 0.15) is 42.7 Å². The van der Waals surface area contributed by atoms with Crippen LogP contribution in [0.25, 0.3) is 11.0 Å². The Labute approximate surface area is 177 Å². The first-order valence-corrected chi connectivity index (χ1v) is 10.4. The van der Waals surface area contributed by atoms with Crippen LogP contribution in [0.3, 0.4) is 0 Å². The first-order chi connectivity index (χ1) is 14.6. The number of fused-ring (bicyclic) bond motifs is 2. The van der Waals surface area contributed by atoms with Crippen molar-refractivity contribution in [2.45, 2.75) is 38.9 Å². The van der Waals surface area contributed by atoms with Crippen LogP contribution in [0, 0.1) is 0 Å². The molecule has 0 aliphatic carbocycles. The molecule has 2 aromatic carbocycles. The van der Waals surface area contributed by atoms with Gasteiger partial charge in [-0.25, -0.2) is 0 Å². The van der Waals surface area contributed by atoms with Crippen molar-refractivity contribution in [3.05, 3.63) is 71.5 Å². The molecule has 4 rings (SSSR count). The summed E-state index contributed by atoms with van der Waals surface area (Å²) in [6.45, 7) is 4.17. The number of guanidine groups is 1. The largest absolute Gasteiger partial charge is 0.459 e. The summed E-state index contributed by atoms with van der Waals surface area (Å²) in [4.78, 5) is 18.7. The number of para-hydroxylation sites is 1. The van der Waals surface area contributed by atoms with Gasteiger partial charge in [0.1, 0.15) is 11.3 Å². The van der Waals surface area contributed by atoms with Gasteiger partial charge in [-0.1, -0.05) is 42.5 Å². The smallest absolute Gasteiger partial charge is 0.223 e. The molecule has 1 aromatic heterocycles. The van der Waals surface area contributed by atoms with E-state index in [0.29, 0.717) is 18.9 Å². The third kappa shape index (κ3) is 4.48. The van der Waals surface area contributed by atoms with Crippen LogP contribution in [0.15, 0.2) is 64.0 Å². The van der Waals surface area contributed by atoms with E-state index in [1.165, 1.54) is 11.1 Å². The molecule has 6 nitrogen and oxygen atoms in total. The standard InChI is InChI=1S/C24H28N4O2/c1-17(22-14-18-8-5-6-11-21(18)30-22)27-24(25-2)26-13-7-12-23(29)28-15-19-9-3-4-10-20(19)16-28/h3-6,8-11,14,17H,7,12-13,15-16H2,1-2H3,(H2,25,26,27). The van der Waals surface area contributed by atoms with Crippen molar-refractivity contribution in [3.8, 4) is 0 Å². The fourth-order valence-electron chi connectivity index (χ4n) is 3.80. The molecule has 6 heteroatoms. The lowest BCUT2D eigenvalue weighted by atomic mass is 10.1. The van der Waals surface area contributed by atoms with Gasteiger partial charge in [-0.15, -0.1) is 0 Å². The van der Waals surface area contributed by atoms with Crippen LogP contribution in [0.4, 0.5) is 0 Å². The van der Waals surface area contributed by atoms with Gasteiger partial charge < -0.3 is 20.0 Å². The van der Waals surface area contributed by atoms with Gasteiger partial charge in [-0.2, -0.15) is 0 Å². The number of rotatable bonds is 6. The summed E-state index contributed by atoms with van der Waals surface area (Å²) < 4.78 is 5.92. The molecule has 2 heterocycles. The van der Waals surface area contributed by atoms with E-state index in [0.717, 1.165) is 36.2 Å². The third-order valence-corrected chi connectivity index (χ3v) is 5.50. The van der Waals surface area contributed by atoms with Gasteiger partial charge in [-0.3, -0.25) is 9.79 Å². The molecule has 0 fully saturated rings. The minimum absolute atomic E-state index is 0.0201. The van der Waals surface area contributed by atoms with E-state index >= 15 is 0 Å². The number of carbonyl (C=O) groups excluding carboxylic acids is 1. The lowest BCUT2D eigenvalue weighted by Crippen LogP contribution is -2.39. The van der Waals surface area contributed by atoms with Gasteiger partial charge in [0.15, 0.2) is 5.96 Å². The molecule has 156 valence electrons. The third-order valence-electron chi connectivity index (χ3n) is 5.50. The zero-order chi connectivity index (χ0) is 20.9. The normalized spacial score (nSPS) is 14.6. The zero-order valence-corrected chi connectivity index (χ0v) is 17.5. The Bertz CT molecular complexity index is 998. The summed E-state index contributed by atoms with van der Waals surface area (Å²) >= 11 is 0. The Balaban J connectivity index is 1.21. The van der Waals surface area contributed by atoms with E-state index in [2.05, 4.69) is 27.8 Å². The quantitative estimate of drug-likeness (QED) is 0.370. The maximum Gasteiger partial charge on any atom is 0.223 e. The van der Waals surface area contributed by atoms with Gasteiger partial charge in [0.2, 0.25) is 5.91 Å². The van der Waals surface area contributed by atoms with Crippen molar-refractivity contribution in [3.63, 3.8) is 0 Å². The molecule has 0 spiro atoms. The SMILES string of the molecule is CN=C(NCCCC(=O)N1Cc2ccccc2C1)NC(C)c1cc2ccccc2o1. The van der Waals surface area contributed by atoms with Crippen molar-refractivity contribution in [1.29, 1.82) is 0 Å². The molecule has 0 saturated heterocycles. The highest BCUT2D eigenvalue weighted by atomic mass is 16.3. The number of nitrogens with one attached hydrogen (secondary N) is 2. The topological polar surface area (TPSA) is 69.9 Å². The van der Waals surface area contributed by atoms with Crippen LogP contribution in [-0.4, -0.2) is 30.4 Å². The van der Waals surface area contributed by atoms with Gasteiger partial charge >= 0.3 is 0 Å². The molecule has 0 saturated carbocycles. The summed E-state index contributed by atoms with van der Waals surface area (Å²) in [6, 6.07) is 18.3. The van der Waals surface area contributed by atoms with E-state index in [9.17, 15) is 4.79 Å². The second-order valence-corrected chi connectivity index (χ2v) is 7.67. The minimum Gasteiger partial charge on any atom is -0.459 e. The van der Waals surface area contributed by atoms with Crippen molar-refractivity contribution < 1.29 is 9.21 Å². The maximum atomic E-state index is 12.5. The highest BCUT2D eigenvalue weighted by molar-refractivity contribution is 5.81. The maximum absolute atomic E-state index is 12.5. The van der Waals surface area contributed by atoms with Crippen molar-refractivity contribution in [2.75, 3.05) is 13.6 Å². The lowest BCUT2D eigenvalue weighted by Gasteiger charge is -2.17. The number of aliphatic imine (C=N–C) groups is 1. The summed E-state index contributed by atoms with van der Waals surface area (Å²) in [5, 5.41) is 7.73. The lowest BCUT2D eigenvalue weighted by molar-refractivity contribution is -0.131. The number of amides is 1. The van der Waals surface area contributed by atoms with E-state index in [1.807, 2.05) is 54.3 Å². The van der Waals surface area contributed by atoms with Crippen molar-refractivity contribution in [1.82, 2.24) is 15.5 Å². The van der Waals surface area contributed by atoms with E-state index < -0.39 is 0 Å². The first kappa shape index (κ1) is 20.0. The second-order valence-electron chi connectivity index (χ2n) is 7.67. The van der Waals surface area contributed by atoms with Gasteiger partial charge in [-0.05, 0) is 36.6 Å². The molecule has 2 N–H and O–H groups in total. The van der Waals surface area contributed by atoms with E-state index in [-0.39, 0.29) is 11.9 Å². The number of nitrogens with zero attached hydrogens (tertiary/aromatic N) is 2. The predicted octanol–water partition coefficient (Wildman–Crippen LogP) is 3.98. The fraction of sp³-hybridized carbons (Fsp3) is 0.333. The summed E-state index contributed by atoms with van der Waals surface area (Å²) in [7, 11) is 1.74. The Morgan fingerprint density at radius 1 is 1.13 bits per heavy atom. The minimum atomic E-state index is -0.0201. The van der Waals surface area contributed by atoms with Crippen LogP contribution in [0.5, 0.6) is 0 Å². The van der Waals surface area contributed by atoms with Crippen molar-refractivity contribution in [2.24, 2.45) is 4.99 Å². The average Bonchev–Trinajstić information content (AvgIpc) is 3.39. The van der Waals surface area contributed by atoms with Gasteiger partial charge in [0.05, 0.1) is 6.04 Å². The molecule has 0 bridgehead atoms. The van der Waals surface area contributed by atoms with Gasteiger partial charge in [0, 0.05) is 38.5 Å². The molecular formula is C24H28N4O2. The Morgan fingerprint density at radius 3 is 2.53 bits per heavy atom. The van der Waals surface area contributed by atoms with Crippen LogP contribution < -0.4 is 10.6 Å². The number of furan rings is 1. The molecule has 1 aliphatic rings. The Kier molecular flexibility index (Phi) is 6.02. The van der Waals surface area contributed by atoms with Crippen LogP contribution >= 0.6 is 0 Å². The molecule has 1 aliphatic heterocycles. The number of hydrogen-bond donors (Lipinski definition) is 2. The molecule has 0 radical (unpaired) electrons. The predicted molar refractivity (Wildman–Crippen MR) is 119 cm³/mol. The molecule has 1 atom stereocenters. The average molecular weight is 405 g/mol. The monoisotopic (exact) mass is 404 g/mol. The highest BCUT2D eigenvalue weighted by Crippen LogP contribution is 2.24. The highest BCUT2D eigenvalue weighted by Gasteiger charge is 2.22. The second kappa shape index (κ2) is 9.03. The summed E-state index contributed by atoms with van der Waals surface area (Å²) in [5.41, 5.74) is 3.40. The first-order valence-electron chi connectivity index (χ1n) is 10.4. The fourth-order valence-corrected chi connectivity index (χ4v) is 3.80. The number of carbonyl (C=O) groups is 1. The molecule has 3 aromatic rings. The molecule has 30 heavy (non-hydrogen) atoms. The molecule has 1 unspecified atom stereocenters. The van der Waals surface area contributed by atoms with E-state index in [4.69, 9.17) is 4.42 Å². The van der Waals surface area contributed by atoms with Crippen molar-refractivity contribution >= 4 is 22.8 Å². The van der Waals surface area contributed by atoms with E-state index in [1.54, 1.807) is 7.05 Å². The summed E-state index contributed by atoms with van der Waals surface area (Å²) in [6.07, 6.45) is 1.28. The zero-order valence-electron chi connectivity index (χ0n) is 17.5. The summed E-state index contributed by atoms with van der Waals surface area (Å²) in [5.74, 6) is 1.76. The molecular weight excluding hydrogens is 376 g/mol. The van der Waals surface area contributed by atoms with Crippen LogP contribution in [0.2, 0.25) is 0 Å². The molecule has 1 amide bonds. The Morgan fingerprint density at radius 2 is 1.83 bits per heavy atom. The number of hydrogen-bond acceptors (Lipinski definition) is 3.